The summed E-state index contributed by atoms with van der Waals surface area (Å²) in [4.78, 5) is 0. The summed E-state index contributed by atoms with van der Waals surface area (Å²) < 4.78 is 0. The van der Waals surface area contributed by atoms with Gasteiger partial charge in [0.1, 0.15) is 0 Å². The van der Waals surface area contributed by atoms with E-state index in [4.69, 9.17) is 0 Å². The molecule has 0 fully saturated rings. The van der Waals surface area contributed by atoms with Gasteiger partial charge in [0.25, 0.3) is 0 Å². The lowest BCUT2D eigenvalue weighted by Gasteiger charge is -2.26. The standard InChI is InChI=1S/C11H9B/c1-2-4-11-10(3-1)9-5-7-12(11)8-6-9/h1-9H. The van der Waals surface area contributed by atoms with E-state index in [9.17, 15) is 0 Å². The van der Waals surface area contributed by atoms with Crippen LogP contribution in [0.3, 0.4) is 0 Å². The van der Waals surface area contributed by atoms with Gasteiger partial charge in [-0.3, -0.25) is 0 Å². The first-order chi connectivity index (χ1) is 5.95. The number of hydrogen-bond acceptors (Lipinski definition) is 0. The molecular weight excluding hydrogens is 143 g/mol. The second-order valence-electron chi connectivity index (χ2n) is 3.45. The zero-order valence-electron chi connectivity index (χ0n) is 6.77. The number of hydrogen-bond donors (Lipinski definition) is 0. The molecule has 3 aliphatic heterocycles. The zero-order chi connectivity index (χ0) is 7.97. The lowest BCUT2D eigenvalue weighted by Crippen LogP contribution is -2.36. The van der Waals surface area contributed by atoms with Gasteiger partial charge in [0.05, 0.1) is 0 Å². The Morgan fingerprint density at radius 1 is 1.00 bits per heavy atom. The van der Waals surface area contributed by atoms with Crippen LogP contribution < -0.4 is 5.46 Å². The Labute approximate surface area is 72.7 Å². The van der Waals surface area contributed by atoms with E-state index in [1.807, 2.05) is 0 Å². The smallest absolute Gasteiger partial charge is 0.109 e. The second kappa shape index (κ2) is 2.13. The minimum atomic E-state index is 0.547. The van der Waals surface area contributed by atoms with Gasteiger partial charge < -0.3 is 0 Å². The summed E-state index contributed by atoms with van der Waals surface area (Å²) >= 11 is 0. The zero-order valence-corrected chi connectivity index (χ0v) is 6.77. The van der Waals surface area contributed by atoms with Crippen molar-refractivity contribution in [3.63, 3.8) is 0 Å². The van der Waals surface area contributed by atoms with Gasteiger partial charge >= 0.3 is 0 Å². The van der Waals surface area contributed by atoms with Crippen molar-refractivity contribution in [1.29, 1.82) is 0 Å². The molecule has 1 aromatic rings. The molecule has 0 radical (unpaired) electrons. The van der Waals surface area contributed by atoms with Crippen molar-refractivity contribution in [3.8, 4) is 0 Å². The fourth-order valence-corrected chi connectivity index (χ4v) is 2.14. The number of allylic oxidation sites excluding steroid dienone is 2. The highest BCUT2D eigenvalue weighted by molar-refractivity contribution is 6.83. The van der Waals surface area contributed by atoms with Crippen LogP contribution in [0.15, 0.2) is 48.4 Å². The van der Waals surface area contributed by atoms with Gasteiger partial charge in [-0.25, -0.2) is 0 Å². The van der Waals surface area contributed by atoms with Crippen molar-refractivity contribution >= 4 is 12.2 Å². The van der Waals surface area contributed by atoms with Crippen LogP contribution in [-0.4, -0.2) is 6.71 Å². The molecule has 1 heteroatoms. The second-order valence-corrected chi connectivity index (χ2v) is 3.45. The number of benzene rings is 1. The molecule has 12 heavy (non-hydrogen) atoms. The fraction of sp³-hybridized carbons (Fsp3) is 0.0909. The molecule has 0 atom stereocenters. The maximum absolute atomic E-state index is 2.30. The summed E-state index contributed by atoms with van der Waals surface area (Å²) in [5.41, 5.74) is 2.99. The molecule has 0 N–H and O–H groups in total. The van der Waals surface area contributed by atoms with Gasteiger partial charge in [0.15, 0.2) is 0 Å². The summed E-state index contributed by atoms with van der Waals surface area (Å²) in [6, 6.07) is 8.72. The van der Waals surface area contributed by atoms with E-state index in [1.54, 1.807) is 0 Å². The Balaban J connectivity index is 2.28. The molecule has 3 aliphatic rings. The minimum Gasteiger partial charge on any atom is -0.109 e. The van der Waals surface area contributed by atoms with Crippen molar-refractivity contribution < 1.29 is 0 Å². The maximum atomic E-state index is 2.30. The highest BCUT2D eigenvalue weighted by Crippen LogP contribution is 2.26. The van der Waals surface area contributed by atoms with E-state index in [0.29, 0.717) is 12.6 Å². The van der Waals surface area contributed by atoms with E-state index >= 15 is 0 Å². The molecular formula is C11H9B. The molecule has 2 bridgehead atoms. The molecule has 0 saturated heterocycles. The molecule has 0 spiro atoms. The van der Waals surface area contributed by atoms with Gasteiger partial charge in [-0.1, -0.05) is 41.9 Å². The molecule has 3 heterocycles. The van der Waals surface area contributed by atoms with Crippen LogP contribution in [0.1, 0.15) is 11.5 Å². The summed E-state index contributed by atoms with van der Waals surface area (Å²) in [6.07, 6.45) is 4.60. The molecule has 0 unspecified atom stereocenters. The minimum absolute atomic E-state index is 0.547. The van der Waals surface area contributed by atoms with E-state index in [0.717, 1.165) is 0 Å². The van der Waals surface area contributed by atoms with Crippen molar-refractivity contribution in [1.82, 2.24) is 0 Å². The topological polar surface area (TPSA) is 0 Å². The average Bonchev–Trinajstić information content (AvgIpc) is 2.20. The summed E-state index contributed by atoms with van der Waals surface area (Å²) in [6.45, 7) is 0.547. The molecule has 0 nitrogen and oxygen atoms in total. The highest BCUT2D eigenvalue weighted by atomic mass is 14.1. The Kier molecular flexibility index (Phi) is 1.12. The van der Waals surface area contributed by atoms with E-state index in [2.05, 4.69) is 48.4 Å². The lowest BCUT2D eigenvalue weighted by atomic mass is 9.39. The Morgan fingerprint density at radius 2 is 1.75 bits per heavy atom. The molecule has 0 aromatic heterocycles. The Hall–Kier alpha value is -1.24. The SMILES string of the molecule is C1=CC2C=CB1c1ccccc12. The third-order valence-electron chi connectivity index (χ3n) is 2.77. The van der Waals surface area contributed by atoms with Crippen LogP contribution >= 0.6 is 0 Å². The Bertz CT molecular complexity index is 327. The van der Waals surface area contributed by atoms with Gasteiger partial charge in [-0.2, -0.15) is 0 Å². The Morgan fingerprint density at radius 3 is 2.50 bits per heavy atom. The predicted octanol–water partition coefficient (Wildman–Crippen LogP) is 1.69. The van der Waals surface area contributed by atoms with Crippen LogP contribution in [0.25, 0.3) is 0 Å². The molecule has 0 amide bonds. The van der Waals surface area contributed by atoms with Crippen molar-refractivity contribution in [2.24, 2.45) is 0 Å². The van der Waals surface area contributed by atoms with Gasteiger partial charge in [0, 0.05) is 5.92 Å². The van der Waals surface area contributed by atoms with Gasteiger partial charge in [-0.15, -0.1) is 12.0 Å². The third-order valence-corrected chi connectivity index (χ3v) is 2.77. The van der Waals surface area contributed by atoms with E-state index in [1.165, 1.54) is 11.0 Å². The van der Waals surface area contributed by atoms with Crippen molar-refractivity contribution in [2.45, 2.75) is 5.92 Å². The summed E-state index contributed by atoms with van der Waals surface area (Å²) in [5.74, 6) is 5.14. The van der Waals surface area contributed by atoms with Gasteiger partial charge in [-0.05, 0) is 5.56 Å². The summed E-state index contributed by atoms with van der Waals surface area (Å²) in [7, 11) is 0. The van der Waals surface area contributed by atoms with Crippen LogP contribution in [-0.2, 0) is 0 Å². The highest BCUT2D eigenvalue weighted by Gasteiger charge is 2.25. The molecule has 4 rings (SSSR count). The molecule has 0 saturated carbocycles. The first kappa shape index (κ1) is 6.30. The normalized spacial score (nSPS) is 18.5. The maximum Gasteiger partial charge on any atom is 0.226 e. The first-order valence-corrected chi connectivity index (χ1v) is 4.40. The van der Waals surface area contributed by atoms with Gasteiger partial charge in [0.2, 0.25) is 6.71 Å². The van der Waals surface area contributed by atoms with Crippen molar-refractivity contribution in [2.75, 3.05) is 0 Å². The first-order valence-electron chi connectivity index (χ1n) is 4.40. The van der Waals surface area contributed by atoms with Crippen LogP contribution in [0.5, 0.6) is 0 Å². The molecule has 0 aliphatic carbocycles. The van der Waals surface area contributed by atoms with E-state index < -0.39 is 0 Å². The van der Waals surface area contributed by atoms with Crippen molar-refractivity contribution in [3.05, 3.63) is 53.9 Å². The molecule has 1 aromatic carbocycles. The van der Waals surface area contributed by atoms with Crippen LogP contribution in [0, 0.1) is 0 Å². The lowest BCUT2D eigenvalue weighted by molar-refractivity contribution is 1.08. The average molecular weight is 152 g/mol. The largest absolute Gasteiger partial charge is 0.226 e. The summed E-state index contributed by atoms with van der Waals surface area (Å²) in [5, 5.41) is 0. The van der Waals surface area contributed by atoms with Crippen LogP contribution in [0.2, 0.25) is 0 Å². The predicted molar refractivity (Wildman–Crippen MR) is 52.9 cm³/mol. The van der Waals surface area contributed by atoms with E-state index in [-0.39, 0.29) is 0 Å². The van der Waals surface area contributed by atoms with Crippen LogP contribution in [0.4, 0.5) is 0 Å². The monoisotopic (exact) mass is 152 g/mol. The molecule has 56 valence electrons. The third kappa shape index (κ3) is 0.686. The number of rotatable bonds is 0. The quantitative estimate of drug-likeness (QED) is 0.496. The fourth-order valence-electron chi connectivity index (χ4n) is 2.14.